The number of aliphatic carboxylic acids is 1. The molecule has 158 valence electrons. The van der Waals surface area contributed by atoms with Gasteiger partial charge in [-0.1, -0.05) is 6.07 Å². The molecule has 0 saturated heterocycles. The third kappa shape index (κ3) is 9.49. The zero-order valence-corrected chi connectivity index (χ0v) is 14.9. The number of aromatic carboxylic acids is 2. The van der Waals surface area contributed by atoms with Crippen LogP contribution in [-0.4, -0.2) is 65.4 Å². The van der Waals surface area contributed by atoms with Gasteiger partial charge in [-0.05, 0) is 30.7 Å². The number of rotatable bonds is 5. The number of carboxylic acid groups (broad SMARTS) is 3. The van der Waals surface area contributed by atoms with Crippen LogP contribution >= 0.6 is 0 Å². The molecule has 0 atom stereocenters. The minimum Gasteiger partial charge on any atom is -0.508 e. The van der Waals surface area contributed by atoms with Crippen LogP contribution < -0.4 is 0 Å². The van der Waals surface area contributed by atoms with Crippen molar-refractivity contribution < 1.29 is 55.2 Å². The highest BCUT2D eigenvalue weighted by Gasteiger charge is 2.11. The van der Waals surface area contributed by atoms with Crippen LogP contribution in [0.2, 0.25) is 0 Å². The molecular weight excluding hydrogens is 392 g/mol. The van der Waals surface area contributed by atoms with E-state index in [0.29, 0.717) is 6.42 Å². The number of carbonyl (C=O) groups is 3. The first-order valence-electron chi connectivity index (χ1n) is 7.83. The molecule has 0 aliphatic carbocycles. The Morgan fingerprint density at radius 2 is 1.34 bits per heavy atom. The maximum Gasteiger partial charge on any atom is 0.339 e. The third-order valence-corrected chi connectivity index (χ3v) is 3.01. The van der Waals surface area contributed by atoms with Crippen molar-refractivity contribution in [1.82, 2.24) is 0 Å². The lowest BCUT2D eigenvalue weighted by Crippen LogP contribution is -1.95. The van der Waals surface area contributed by atoms with Crippen LogP contribution in [0, 0.1) is 0 Å². The monoisotopic (exact) mass is 412 g/mol. The van der Waals surface area contributed by atoms with Gasteiger partial charge < -0.3 is 40.9 Å². The predicted octanol–water partition coefficient (Wildman–Crippen LogP) is 1.44. The molecule has 11 nitrogen and oxygen atoms in total. The van der Waals surface area contributed by atoms with E-state index in [1.165, 1.54) is 24.3 Å². The van der Waals surface area contributed by atoms with Gasteiger partial charge in [-0.15, -0.1) is 0 Å². The van der Waals surface area contributed by atoms with E-state index in [2.05, 4.69) is 0 Å². The van der Waals surface area contributed by atoms with E-state index in [9.17, 15) is 14.4 Å². The van der Waals surface area contributed by atoms with Gasteiger partial charge in [-0.2, -0.15) is 0 Å². The fraction of sp³-hybridized carbons (Fsp3) is 0.167. The second-order valence-corrected chi connectivity index (χ2v) is 5.21. The normalized spacial score (nSPS) is 9.28. The van der Waals surface area contributed by atoms with Gasteiger partial charge in [0.15, 0.2) is 11.5 Å². The molecule has 0 fully saturated rings. The van der Waals surface area contributed by atoms with Gasteiger partial charge in [0.1, 0.15) is 22.6 Å². The highest BCUT2D eigenvalue weighted by atomic mass is 16.4. The molecule has 0 heterocycles. The maximum absolute atomic E-state index is 10.3. The average molecular weight is 412 g/mol. The Kier molecular flexibility index (Phi) is 10.7. The number of hydrogen-bond donors (Lipinski definition) is 8. The summed E-state index contributed by atoms with van der Waals surface area (Å²) in [5, 5.41) is 68.3. The highest BCUT2D eigenvalue weighted by Crippen LogP contribution is 2.27. The molecule has 2 aromatic rings. The summed E-state index contributed by atoms with van der Waals surface area (Å²) in [4.78, 5) is 30.2. The van der Waals surface area contributed by atoms with E-state index in [4.69, 9.17) is 40.9 Å². The molecule has 0 spiro atoms. The van der Waals surface area contributed by atoms with Crippen molar-refractivity contribution in [3.8, 4) is 23.0 Å². The van der Waals surface area contributed by atoms with Crippen LogP contribution in [0.4, 0.5) is 0 Å². The summed E-state index contributed by atoms with van der Waals surface area (Å²) in [6, 6.07) is 7.07. The molecule has 0 aromatic heterocycles. The van der Waals surface area contributed by atoms with Crippen molar-refractivity contribution in [3.05, 3.63) is 47.5 Å². The van der Waals surface area contributed by atoms with Crippen molar-refractivity contribution in [2.75, 3.05) is 6.61 Å². The van der Waals surface area contributed by atoms with E-state index >= 15 is 0 Å². The molecule has 0 radical (unpaired) electrons. The number of hydrogen-bond acceptors (Lipinski definition) is 8. The summed E-state index contributed by atoms with van der Waals surface area (Å²) in [5.74, 6) is -4.95. The second kappa shape index (κ2) is 12.4. The molecule has 0 unspecified atom stereocenters. The van der Waals surface area contributed by atoms with Gasteiger partial charge >= 0.3 is 17.9 Å². The van der Waals surface area contributed by atoms with E-state index < -0.39 is 35.2 Å². The molecule has 0 aliphatic heterocycles. The Morgan fingerprint density at radius 3 is 1.72 bits per heavy atom. The fourth-order valence-electron chi connectivity index (χ4n) is 1.64. The van der Waals surface area contributed by atoms with E-state index in [0.717, 1.165) is 12.1 Å². The summed E-state index contributed by atoms with van der Waals surface area (Å²) in [6.07, 6.45) is 0.422. The number of phenolic OH excluding ortho intramolecular Hbond substituents is 2. The predicted molar refractivity (Wildman–Crippen MR) is 97.4 cm³/mol. The number of carboxylic acids is 3. The third-order valence-electron chi connectivity index (χ3n) is 3.01. The van der Waals surface area contributed by atoms with Crippen molar-refractivity contribution in [3.63, 3.8) is 0 Å². The number of aliphatic hydroxyl groups excluding tert-OH is 1. The van der Waals surface area contributed by atoms with Gasteiger partial charge in [0.05, 0.1) is 0 Å². The fourth-order valence-corrected chi connectivity index (χ4v) is 1.64. The molecule has 11 heteroatoms. The summed E-state index contributed by atoms with van der Waals surface area (Å²) in [6.45, 7) is -0.0354. The lowest BCUT2D eigenvalue weighted by Gasteiger charge is -1.99. The first-order valence-corrected chi connectivity index (χ1v) is 7.83. The zero-order valence-electron chi connectivity index (χ0n) is 14.9. The minimum absolute atomic E-state index is 0.0354. The van der Waals surface area contributed by atoms with E-state index in [1.54, 1.807) is 0 Å². The molecular formula is C18H20O11. The number of aliphatic hydroxyl groups is 1. The smallest absolute Gasteiger partial charge is 0.339 e. The topological polar surface area (TPSA) is 213 Å². The van der Waals surface area contributed by atoms with Crippen LogP contribution in [0.15, 0.2) is 36.4 Å². The second-order valence-electron chi connectivity index (χ2n) is 5.21. The summed E-state index contributed by atoms with van der Waals surface area (Å²) in [5.41, 5.74) is -0.521. The lowest BCUT2D eigenvalue weighted by atomic mass is 10.2. The molecule has 8 N–H and O–H groups in total. The molecule has 29 heavy (non-hydrogen) atoms. The van der Waals surface area contributed by atoms with Gasteiger partial charge in [-0.25, -0.2) is 9.59 Å². The molecule has 0 bridgehead atoms. The Hall–Kier alpha value is -3.99. The number of para-hydroxylation sites is 1. The SMILES string of the molecule is O=C(O)CCCO.O=C(O)c1ccc(O)cc1O.O=C(O)c1cccc(O)c1O. The molecule has 0 aliphatic rings. The first kappa shape index (κ1) is 25.0. The largest absolute Gasteiger partial charge is 0.508 e. The molecule has 2 aromatic carbocycles. The Labute approximate surface area is 164 Å². The summed E-state index contributed by atoms with van der Waals surface area (Å²) < 4.78 is 0. The van der Waals surface area contributed by atoms with E-state index in [1.807, 2.05) is 0 Å². The van der Waals surface area contributed by atoms with Gasteiger partial charge in [0.2, 0.25) is 0 Å². The van der Waals surface area contributed by atoms with Gasteiger partial charge in [-0.3, -0.25) is 4.79 Å². The minimum atomic E-state index is -1.27. The lowest BCUT2D eigenvalue weighted by molar-refractivity contribution is -0.137. The summed E-state index contributed by atoms with van der Waals surface area (Å²) >= 11 is 0. The van der Waals surface area contributed by atoms with Crippen LogP contribution in [0.1, 0.15) is 33.6 Å². The van der Waals surface area contributed by atoms with Crippen molar-refractivity contribution in [2.24, 2.45) is 0 Å². The van der Waals surface area contributed by atoms with E-state index in [-0.39, 0.29) is 29.9 Å². The number of benzene rings is 2. The average Bonchev–Trinajstić information content (AvgIpc) is 2.62. The van der Waals surface area contributed by atoms with Crippen LogP contribution in [0.3, 0.4) is 0 Å². The van der Waals surface area contributed by atoms with Crippen LogP contribution in [-0.2, 0) is 4.79 Å². The number of aromatic hydroxyl groups is 4. The molecule has 0 saturated carbocycles. The Morgan fingerprint density at radius 1 is 0.759 bits per heavy atom. The van der Waals surface area contributed by atoms with Gasteiger partial charge in [0, 0.05) is 19.1 Å². The van der Waals surface area contributed by atoms with Gasteiger partial charge in [0.25, 0.3) is 0 Å². The zero-order chi connectivity index (χ0) is 22.6. The van der Waals surface area contributed by atoms with Crippen molar-refractivity contribution in [2.45, 2.75) is 12.8 Å². The number of phenols is 4. The van der Waals surface area contributed by atoms with Crippen molar-refractivity contribution >= 4 is 17.9 Å². The van der Waals surface area contributed by atoms with Crippen LogP contribution in [0.5, 0.6) is 23.0 Å². The quantitative estimate of drug-likeness (QED) is 0.329. The van der Waals surface area contributed by atoms with Crippen LogP contribution in [0.25, 0.3) is 0 Å². The Bertz CT molecular complexity index is 846. The van der Waals surface area contributed by atoms with Crippen molar-refractivity contribution in [1.29, 1.82) is 0 Å². The molecule has 0 amide bonds. The highest BCUT2D eigenvalue weighted by molar-refractivity contribution is 5.91. The summed E-state index contributed by atoms with van der Waals surface area (Å²) in [7, 11) is 0. The molecule has 2 rings (SSSR count). The Balaban J connectivity index is 0.000000419. The standard InChI is InChI=1S/2C7H6O4.C4H8O3/c8-4-1-2-5(7(10)11)6(9)3-4;8-5-3-1-2-4(6(5)9)7(10)11;5-3-1-2-4(6)7/h2*1-3,8-9H,(H,10,11);5H,1-3H2,(H,6,7). The first-order chi connectivity index (χ1) is 13.5. The maximum atomic E-state index is 10.3.